The number of hydrogen-bond donors (Lipinski definition) is 1. The molecule has 0 aromatic carbocycles. The number of rotatable bonds is 4. The number of carbonyl (C=O) groups is 1. The van der Waals surface area contributed by atoms with Gasteiger partial charge in [-0.3, -0.25) is 9.78 Å². The van der Waals surface area contributed by atoms with Crippen molar-refractivity contribution in [3.05, 3.63) is 28.5 Å². The van der Waals surface area contributed by atoms with Crippen molar-refractivity contribution in [3.63, 3.8) is 0 Å². The van der Waals surface area contributed by atoms with Crippen molar-refractivity contribution in [2.24, 2.45) is 5.41 Å². The highest BCUT2D eigenvalue weighted by molar-refractivity contribution is 9.10. The second kappa shape index (κ2) is 5.59. The summed E-state index contributed by atoms with van der Waals surface area (Å²) in [6.45, 7) is 6.96. The molecule has 0 spiro atoms. The molecule has 1 aromatic rings. The number of carbonyl (C=O) groups excluding carboxylic acids is 1. The van der Waals surface area contributed by atoms with Gasteiger partial charge >= 0.3 is 0 Å². The van der Waals surface area contributed by atoms with Gasteiger partial charge in [0, 0.05) is 34.9 Å². The lowest BCUT2D eigenvalue weighted by molar-refractivity contribution is -0.111. The van der Waals surface area contributed by atoms with Crippen LogP contribution in [0.15, 0.2) is 22.9 Å². The maximum absolute atomic E-state index is 12.1. The van der Waals surface area contributed by atoms with Crippen LogP contribution in [0.2, 0.25) is 0 Å². The number of hydrogen-bond acceptors (Lipinski definition) is 3. The van der Waals surface area contributed by atoms with Crippen LogP contribution in [0.1, 0.15) is 37.6 Å². The summed E-state index contributed by atoms with van der Waals surface area (Å²) in [5, 5.41) is 3.06. The van der Waals surface area contributed by atoms with Crippen molar-refractivity contribution in [2.45, 2.75) is 39.3 Å². The lowest BCUT2D eigenvalue weighted by Gasteiger charge is -2.51. The maximum atomic E-state index is 12.1. The first-order valence-corrected chi connectivity index (χ1v) is 7.27. The van der Waals surface area contributed by atoms with Gasteiger partial charge in [0.15, 0.2) is 0 Å². The molecule has 1 amide bonds. The van der Waals surface area contributed by atoms with Crippen LogP contribution in [0.25, 0.3) is 0 Å². The van der Waals surface area contributed by atoms with E-state index in [0.717, 1.165) is 10.9 Å². The van der Waals surface area contributed by atoms with Crippen LogP contribution in [0.4, 0.5) is 0 Å². The van der Waals surface area contributed by atoms with Crippen molar-refractivity contribution in [1.82, 2.24) is 10.3 Å². The molecular weight excluding hydrogens is 308 g/mol. The lowest BCUT2D eigenvalue weighted by Crippen LogP contribution is -2.62. The predicted octanol–water partition coefficient (Wildman–Crippen LogP) is 2.78. The van der Waals surface area contributed by atoms with E-state index in [1.807, 2.05) is 6.92 Å². The lowest BCUT2D eigenvalue weighted by atomic mass is 9.64. The number of ether oxygens (including phenoxy) is 1. The summed E-state index contributed by atoms with van der Waals surface area (Å²) in [4.78, 5) is 16.1. The Morgan fingerprint density at radius 2 is 2.32 bits per heavy atom. The molecule has 104 valence electrons. The van der Waals surface area contributed by atoms with Gasteiger partial charge in [-0.2, -0.15) is 0 Å². The third-order valence-electron chi connectivity index (χ3n) is 3.82. The Morgan fingerprint density at radius 1 is 1.58 bits per heavy atom. The average Bonchev–Trinajstić information content (AvgIpc) is 2.37. The summed E-state index contributed by atoms with van der Waals surface area (Å²) in [5.74, 6) is -0.0816. The molecule has 1 heterocycles. The minimum absolute atomic E-state index is 0.0227. The van der Waals surface area contributed by atoms with Crippen LogP contribution in [-0.4, -0.2) is 29.6 Å². The monoisotopic (exact) mass is 326 g/mol. The first kappa shape index (κ1) is 14.5. The van der Waals surface area contributed by atoms with Crippen LogP contribution in [0, 0.1) is 5.41 Å². The Hall–Kier alpha value is -0.940. The molecular formula is C14H19BrN2O2. The molecule has 1 aliphatic carbocycles. The highest BCUT2D eigenvalue weighted by atomic mass is 79.9. The molecule has 0 saturated heterocycles. The summed E-state index contributed by atoms with van der Waals surface area (Å²) < 4.78 is 6.46. The Kier molecular flexibility index (Phi) is 4.26. The molecule has 2 atom stereocenters. The zero-order chi connectivity index (χ0) is 14.0. The molecule has 19 heavy (non-hydrogen) atoms. The Balaban J connectivity index is 1.98. The fraction of sp³-hybridized carbons (Fsp3) is 0.571. The van der Waals surface area contributed by atoms with E-state index in [1.54, 1.807) is 18.5 Å². The molecule has 0 radical (unpaired) electrons. The number of amides is 1. The van der Waals surface area contributed by atoms with E-state index >= 15 is 0 Å². The smallest absolute Gasteiger partial charge is 0.253 e. The quantitative estimate of drug-likeness (QED) is 0.925. The van der Waals surface area contributed by atoms with Crippen LogP contribution in [0.5, 0.6) is 0 Å². The summed E-state index contributed by atoms with van der Waals surface area (Å²) in [7, 11) is 0. The van der Waals surface area contributed by atoms with E-state index in [9.17, 15) is 4.79 Å². The fourth-order valence-electron chi connectivity index (χ4n) is 2.39. The zero-order valence-electron chi connectivity index (χ0n) is 11.4. The first-order chi connectivity index (χ1) is 8.95. The molecule has 5 heteroatoms. The summed E-state index contributed by atoms with van der Waals surface area (Å²) in [6.07, 6.45) is 4.33. The van der Waals surface area contributed by atoms with Gasteiger partial charge < -0.3 is 10.1 Å². The van der Waals surface area contributed by atoms with Gasteiger partial charge in [-0.25, -0.2) is 0 Å². The second-order valence-electron chi connectivity index (χ2n) is 5.42. The van der Waals surface area contributed by atoms with Gasteiger partial charge in [-0.1, -0.05) is 13.8 Å². The normalized spacial score (nSPS) is 24.6. The fourth-order valence-corrected chi connectivity index (χ4v) is 2.76. The minimum Gasteiger partial charge on any atom is -0.378 e. The van der Waals surface area contributed by atoms with Crippen molar-refractivity contribution in [2.75, 3.05) is 6.61 Å². The number of nitrogens with one attached hydrogen (secondary N) is 1. The van der Waals surface area contributed by atoms with E-state index < -0.39 is 0 Å². The SMILES string of the molecule is CCOC1CC(NC(=O)c2cncc(Br)c2)C1(C)C. The number of nitrogens with zero attached hydrogens (tertiary/aromatic N) is 1. The first-order valence-electron chi connectivity index (χ1n) is 6.48. The molecule has 0 bridgehead atoms. The third-order valence-corrected chi connectivity index (χ3v) is 4.25. The number of halogens is 1. The molecule has 1 fully saturated rings. The zero-order valence-corrected chi connectivity index (χ0v) is 13.0. The molecule has 4 nitrogen and oxygen atoms in total. The highest BCUT2D eigenvalue weighted by Gasteiger charge is 2.49. The highest BCUT2D eigenvalue weighted by Crippen LogP contribution is 2.42. The van der Waals surface area contributed by atoms with Crippen LogP contribution < -0.4 is 5.32 Å². The Labute approximate surface area is 122 Å². The topological polar surface area (TPSA) is 51.2 Å². The van der Waals surface area contributed by atoms with Gasteiger partial charge in [0.05, 0.1) is 11.7 Å². The Bertz CT molecular complexity index is 476. The van der Waals surface area contributed by atoms with E-state index in [2.05, 4.69) is 40.1 Å². The third kappa shape index (κ3) is 2.98. The average molecular weight is 327 g/mol. The molecule has 1 aliphatic rings. The van der Waals surface area contributed by atoms with Crippen molar-refractivity contribution in [3.8, 4) is 0 Å². The molecule has 2 unspecified atom stereocenters. The van der Waals surface area contributed by atoms with E-state index in [4.69, 9.17) is 4.74 Å². The van der Waals surface area contributed by atoms with Crippen LogP contribution in [-0.2, 0) is 4.74 Å². The predicted molar refractivity (Wildman–Crippen MR) is 77.0 cm³/mol. The van der Waals surface area contributed by atoms with E-state index in [-0.39, 0.29) is 23.5 Å². The minimum atomic E-state index is -0.0816. The van der Waals surface area contributed by atoms with Gasteiger partial charge in [-0.05, 0) is 35.3 Å². The van der Waals surface area contributed by atoms with Gasteiger partial charge in [0.2, 0.25) is 0 Å². The van der Waals surface area contributed by atoms with Gasteiger partial charge in [0.25, 0.3) is 5.91 Å². The molecule has 2 rings (SSSR count). The summed E-state index contributed by atoms with van der Waals surface area (Å²) >= 11 is 3.32. The molecule has 1 aromatic heterocycles. The Morgan fingerprint density at radius 3 is 2.89 bits per heavy atom. The van der Waals surface area contributed by atoms with Gasteiger partial charge in [-0.15, -0.1) is 0 Å². The second-order valence-corrected chi connectivity index (χ2v) is 6.33. The van der Waals surface area contributed by atoms with Crippen molar-refractivity contribution < 1.29 is 9.53 Å². The molecule has 1 saturated carbocycles. The largest absolute Gasteiger partial charge is 0.378 e. The molecule has 1 N–H and O–H groups in total. The standard InChI is InChI=1S/C14H19BrN2O2/c1-4-19-12-6-11(14(12,2)3)17-13(18)9-5-10(15)8-16-7-9/h5,7-8,11-12H,4,6H2,1-3H3,(H,17,18). The maximum Gasteiger partial charge on any atom is 0.253 e. The van der Waals surface area contributed by atoms with Crippen molar-refractivity contribution >= 4 is 21.8 Å². The number of aromatic nitrogens is 1. The van der Waals surface area contributed by atoms with E-state index in [0.29, 0.717) is 12.2 Å². The van der Waals surface area contributed by atoms with Gasteiger partial charge in [0.1, 0.15) is 0 Å². The summed E-state index contributed by atoms with van der Waals surface area (Å²) in [6, 6.07) is 1.92. The molecule has 0 aliphatic heterocycles. The van der Waals surface area contributed by atoms with Crippen LogP contribution >= 0.6 is 15.9 Å². The van der Waals surface area contributed by atoms with Crippen LogP contribution in [0.3, 0.4) is 0 Å². The van der Waals surface area contributed by atoms with Crippen molar-refractivity contribution in [1.29, 1.82) is 0 Å². The van der Waals surface area contributed by atoms with E-state index in [1.165, 1.54) is 0 Å². The summed E-state index contributed by atoms with van der Waals surface area (Å²) in [5.41, 5.74) is 0.551. The number of pyridine rings is 1.